The van der Waals surface area contributed by atoms with Crippen LogP contribution in [0.3, 0.4) is 0 Å². The Bertz CT molecular complexity index is 441. The van der Waals surface area contributed by atoms with Gasteiger partial charge in [-0.05, 0) is 48.6 Å². The van der Waals surface area contributed by atoms with Crippen molar-refractivity contribution in [3.63, 3.8) is 0 Å². The molecular formula is C15H23N3. The maximum Gasteiger partial charge on any atom is 0.0482 e. The molecule has 0 bridgehead atoms. The molecule has 0 amide bonds. The van der Waals surface area contributed by atoms with Crippen LogP contribution in [0.1, 0.15) is 50.3 Å². The fourth-order valence-corrected chi connectivity index (χ4v) is 3.63. The molecule has 18 heavy (non-hydrogen) atoms. The van der Waals surface area contributed by atoms with Gasteiger partial charge in [0.05, 0.1) is 0 Å². The van der Waals surface area contributed by atoms with Crippen LogP contribution in [0, 0.1) is 11.3 Å². The molecule has 0 spiro atoms. The highest BCUT2D eigenvalue weighted by atomic mass is 15.2. The number of rotatable bonds is 3. The highest BCUT2D eigenvalue weighted by Crippen LogP contribution is 2.56. The molecule has 3 unspecified atom stereocenters. The first kappa shape index (κ1) is 12.1. The molecule has 0 aliphatic heterocycles. The predicted octanol–water partition coefficient (Wildman–Crippen LogP) is 2.38. The second-order valence-electron chi connectivity index (χ2n) is 6.54. The van der Waals surface area contributed by atoms with Crippen molar-refractivity contribution in [2.75, 3.05) is 0 Å². The molecule has 2 aliphatic rings. The van der Waals surface area contributed by atoms with Gasteiger partial charge in [-0.1, -0.05) is 19.9 Å². The maximum atomic E-state index is 5.85. The average molecular weight is 245 g/mol. The van der Waals surface area contributed by atoms with Gasteiger partial charge in [0.2, 0.25) is 0 Å². The smallest absolute Gasteiger partial charge is 0.0482 e. The molecule has 0 saturated heterocycles. The summed E-state index contributed by atoms with van der Waals surface area (Å²) in [6.45, 7) is 4.67. The Hall–Kier alpha value is -0.930. The van der Waals surface area contributed by atoms with Crippen LogP contribution in [0.15, 0.2) is 18.3 Å². The van der Waals surface area contributed by atoms with E-state index in [2.05, 4.69) is 30.3 Å². The van der Waals surface area contributed by atoms with Crippen LogP contribution in [0.4, 0.5) is 0 Å². The number of nitrogens with one attached hydrogen (secondary N) is 1. The molecule has 1 aromatic heterocycles. The normalized spacial score (nSPS) is 30.6. The zero-order valence-corrected chi connectivity index (χ0v) is 11.3. The van der Waals surface area contributed by atoms with Crippen LogP contribution in [-0.2, 0) is 6.42 Å². The van der Waals surface area contributed by atoms with E-state index in [4.69, 9.17) is 5.84 Å². The first-order valence-electron chi connectivity index (χ1n) is 7.03. The van der Waals surface area contributed by atoms with E-state index in [1.165, 1.54) is 36.9 Å². The van der Waals surface area contributed by atoms with Crippen molar-refractivity contribution in [2.45, 2.75) is 51.5 Å². The number of nitrogens with zero attached hydrogens (tertiary/aromatic N) is 1. The lowest BCUT2D eigenvalue weighted by atomic mass is 9.79. The van der Waals surface area contributed by atoms with Gasteiger partial charge in [0, 0.05) is 23.9 Å². The third-order valence-electron chi connectivity index (χ3n) is 4.89. The maximum absolute atomic E-state index is 5.85. The summed E-state index contributed by atoms with van der Waals surface area (Å²) in [5.41, 5.74) is 6.25. The number of hydrazine groups is 1. The molecule has 1 saturated carbocycles. The average Bonchev–Trinajstić information content (AvgIpc) is 2.99. The van der Waals surface area contributed by atoms with E-state index < -0.39 is 0 Å². The Kier molecular flexibility index (Phi) is 2.91. The molecule has 3 atom stereocenters. The van der Waals surface area contributed by atoms with Crippen molar-refractivity contribution in [3.8, 4) is 0 Å². The molecular weight excluding hydrogens is 222 g/mol. The van der Waals surface area contributed by atoms with Crippen molar-refractivity contribution < 1.29 is 0 Å². The Morgan fingerprint density at radius 1 is 1.50 bits per heavy atom. The molecule has 0 radical (unpaired) electrons. The van der Waals surface area contributed by atoms with Crippen LogP contribution in [-0.4, -0.2) is 11.0 Å². The van der Waals surface area contributed by atoms with Gasteiger partial charge in [0.1, 0.15) is 0 Å². The number of hydrogen-bond acceptors (Lipinski definition) is 3. The number of pyridine rings is 1. The molecule has 2 aliphatic carbocycles. The van der Waals surface area contributed by atoms with Crippen LogP contribution < -0.4 is 11.3 Å². The van der Waals surface area contributed by atoms with Gasteiger partial charge in [0.25, 0.3) is 0 Å². The van der Waals surface area contributed by atoms with Crippen molar-refractivity contribution in [1.82, 2.24) is 10.4 Å². The van der Waals surface area contributed by atoms with Gasteiger partial charge in [0.15, 0.2) is 0 Å². The summed E-state index contributed by atoms with van der Waals surface area (Å²) in [6, 6.07) is 4.65. The highest BCUT2D eigenvalue weighted by molar-refractivity contribution is 5.28. The Labute approximate surface area is 109 Å². The lowest BCUT2D eigenvalue weighted by Crippen LogP contribution is -2.43. The molecule has 3 heteroatoms. The van der Waals surface area contributed by atoms with Gasteiger partial charge >= 0.3 is 0 Å². The summed E-state index contributed by atoms with van der Waals surface area (Å²) in [4.78, 5) is 4.63. The summed E-state index contributed by atoms with van der Waals surface area (Å²) in [5, 5.41) is 0. The van der Waals surface area contributed by atoms with Crippen molar-refractivity contribution in [2.24, 2.45) is 17.2 Å². The largest absolute Gasteiger partial charge is 0.271 e. The molecule has 3 rings (SSSR count). The number of hydrogen-bond donors (Lipinski definition) is 2. The number of aromatic nitrogens is 1. The van der Waals surface area contributed by atoms with Crippen LogP contribution in [0.25, 0.3) is 0 Å². The van der Waals surface area contributed by atoms with Gasteiger partial charge in [-0.15, -0.1) is 0 Å². The van der Waals surface area contributed by atoms with Crippen molar-refractivity contribution >= 4 is 0 Å². The lowest BCUT2D eigenvalue weighted by Gasteiger charge is -2.32. The van der Waals surface area contributed by atoms with Gasteiger partial charge in [-0.25, -0.2) is 0 Å². The van der Waals surface area contributed by atoms with E-state index in [1.54, 1.807) is 0 Å². The number of fused-ring (bicyclic) bond motifs is 1. The van der Waals surface area contributed by atoms with E-state index in [0.29, 0.717) is 23.3 Å². The highest BCUT2D eigenvalue weighted by Gasteiger charge is 2.52. The van der Waals surface area contributed by atoms with Crippen LogP contribution in [0.5, 0.6) is 0 Å². The minimum Gasteiger partial charge on any atom is -0.271 e. The lowest BCUT2D eigenvalue weighted by molar-refractivity contribution is 0.325. The zero-order valence-electron chi connectivity index (χ0n) is 11.3. The Balaban J connectivity index is 1.88. The summed E-state index contributed by atoms with van der Waals surface area (Å²) in [7, 11) is 0. The standard InChI is InChI=1S/C15H23N3/c1-15(2)9-12(15)14(18-16)11-7-3-5-10-6-4-8-17-13(10)11/h4,6,8,11-12,14,18H,3,5,7,9,16H2,1-2H3. The Morgan fingerprint density at radius 3 is 2.94 bits per heavy atom. The van der Waals surface area contributed by atoms with E-state index in [-0.39, 0.29) is 0 Å². The number of aryl methyl sites for hydroxylation is 1. The topological polar surface area (TPSA) is 50.9 Å². The Morgan fingerprint density at radius 2 is 2.28 bits per heavy atom. The second-order valence-corrected chi connectivity index (χ2v) is 6.54. The molecule has 3 nitrogen and oxygen atoms in total. The summed E-state index contributed by atoms with van der Waals surface area (Å²) in [5.74, 6) is 7.03. The minimum atomic E-state index is 0.383. The van der Waals surface area contributed by atoms with E-state index in [1.807, 2.05) is 12.3 Å². The predicted molar refractivity (Wildman–Crippen MR) is 72.9 cm³/mol. The quantitative estimate of drug-likeness (QED) is 0.635. The zero-order chi connectivity index (χ0) is 12.8. The molecule has 3 N–H and O–H groups in total. The minimum absolute atomic E-state index is 0.383. The summed E-state index contributed by atoms with van der Waals surface area (Å²) < 4.78 is 0. The third kappa shape index (κ3) is 1.95. The molecule has 98 valence electrons. The molecule has 1 aromatic rings. The molecule has 1 fully saturated rings. The first-order chi connectivity index (χ1) is 8.63. The van der Waals surface area contributed by atoms with Crippen LogP contribution in [0.2, 0.25) is 0 Å². The summed E-state index contributed by atoms with van der Waals surface area (Å²) in [6.07, 6.45) is 6.84. The fraction of sp³-hybridized carbons (Fsp3) is 0.667. The van der Waals surface area contributed by atoms with Gasteiger partial charge in [-0.3, -0.25) is 16.3 Å². The molecule has 0 aromatic carbocycles. The van der Waals surface area contributed by atoms with E-state index in [0.717, 1.165) is 0 Å². The van der Waals surface area contributed by atoms with E-state index >= 15 is 0 Å². The van der Waals surface area contributed by atoms with Crippen molar-refractivity contribution in [3.05, 3.63) is 29.6 Å². The van der Waals surface area contributed by atoms with Gasteiger partial charge in [-0.2, -0.15) is 0 Å². The third-order valence-corrected chi connectivity index (χ3v) is 4.89. The first-order valence-corrected chi connectivity index (χ1v) is 7.03. The molecule has 1 heterocycles. The van der Waals surface area contributed by atoms with Crippen LogP contribution >= 0.6 is 0 Å². The second kappa shape index (κ2) is 4.32. The SMILES string of the molecule is CC1(C)CC1C(NN)C1CCCc2cccnc21. The number of nitrogens with two attached hydrogens (primary N) is 1. The summed E-state index contributed by atoms with van der Waals surface area (Å²) >= 11 is 0. The van der Waals surface area contributed by atoms with Crippen molar-refractivity contribution in [1.29, 1.82) is 0 Å². The van der Waals surface area contributed by atoms with E-state index in [9.17, 15) is 0 Å². The monoisotopic (exact) mass is 245 g/mol. The van der Waals surface area contributed by atoms with Gasteiger partial charge < -0.3 is 0 Å². The fourth-order valence-electron chi connectivity index (χ4n) is 3.63.